The zero-order valence-corrected chi connectivity index (χ0v) is 11.2. The number of ether oxygens (including phenoxy) is 2. The lowest BCUT2D eigenvalue weighted by atomic mass is 9.90. The van der Waals surface area contributed by atoms with Crippen LogP contribution in [0.2, 0.25) is 0 Å². The molecule has 2 heterocycles. The number of hydrogen-bond acceptors (Lipinski definition) is 3. The maximum absolute atomic E-state index is 5.76. The molecule has 4 heteroatoms. The second-order valence-corrected chi connectivity index (χ2v) is 5.46. The minimum absolute atomic E-state index is 0.251. The van der Waals surface area contributed by atoms with Crippen LogP contribution in [0.5, 0.6) is 0 Å². The van der Waals surface area contributed by atoms with Gasteiger partial charge in [0.25, 0.3) is 0 Å². The van der Waals surface area contributed by atoms with Gasteiger partial charge in [0, 0.05) is 30.3 Å². The first kappa shape index (κ1) is 12.1. The molecule has 1 aliphatic carbocycles. The minimum atomic E-state index is -0.251. The average molecular weight is 250 g/mol. The molecule has 1 saturated carbocycles. The van der Waals surface area contributed by atoms with Crippen molar-refractivity contribution in [1.82, 2.24) is 4.68 Å². The number of rotatable bonds is 2. The van der Waals surface area contributed by atoms with Gasteiger partial charge in [0.05, 0.1) is 13.2 Å². The molecule has 0 atom stereocenters. The molecule has 0 aromatic carbocycles. The van der Waals surface area contributed by atoms with Crippen molar-refractivity contribution in [1.29, 1.82) is 0 Å². The van der Waals surface area contributed by atoms with Crippen molar-refractivity contribution in [2.24, 2.45) is 0 Å². The normalized spacial score (nSPS) is 23.7. The van der Waals surface area contributed by atoms with Crippen LogP contribution in [0.25, 0.3) is 0 Å². The van der Waals surface area contributed by atoms with Crippen LogP contribution in [0.3, 0.4) is 0 Å². The lowest BCUT2D eigenvalue weighted by Crippen LogP contribution is -2.41. The maximum Gasteiger partial charge on any atom is 0.168 e. The van der Waals surface area contributed by atoms with E-state index >= 15 is 0 Å². The van der Waals surface area contributed by atoms with Gasteiger partial charge in [-0.25, -0.2) is 0 Å². The molecule has 1 saturated heterocycles. The molecule has 0 unspecified atom stereocenters. The largest absolute Gasteiger partial charge is 0.348 e. The van der Waals surface area contributed by atoms with Crippen molar-refractivity contribution >= 4 is 0 Å². The van der Waals surface area contributed by atoms with Crippen LogP contribution in [-0.2, 0) is 9.47 Å². The van der Waals surface area contributed by atoms with Crippen molar-refractivity contribution in [2.75, 3.05) is 18.6 Å². The molecule has 100 valence electrons. The molecule has 1 aromatic rings. The molecule has 1 aromatic heterocycles. The Balaban J connectivity index is 1.60. The Morgan fingerprint density at radius 3 is 2.22 bits per heavy atom. The summed E-state index contributed by atoms with van der Waals surface area (Å²) < 4.78 is 13.7. The third kappa shape index (κ3) is 2.15. The van der Waals surface area contributed by atoms with Gasteiger partial charge in [0.15, 0.2) is 5.79 Å². The fraction of sp³-hybridized carbons (Fsp3) is 0.714. The van der Waals surface area contributed by atoms with E-state index in [1.165, 1.54) is 11.4 Å². The highest BCUT2D eigenvalue weighted by molar-refractivity contribution is 5.16. The Morgan fingerprint density at radius 1 is 1.11 bits per heavy atom. The van der Waals surface area contributed by atoms with Crippen molar-refractivity contribution in [3.05, 3.63) is 23.5 Å². The molecule has 3 rings (SSSR count). The van der Waals surface area contributed by atoms with Crippen molar-refractivity contribution in [3.63, 3.8) is 0 Å². The van der Waals surface area contributed by atoms with Crippen LogP contribution in [0.4, 0.5) is 0 Å². The second-order valence-electron chi connectivity index (χ2n) is 5.46. The summed E-state index contributed by atoms with van der Waals surface area (Å²) in [5.74, 6) is -0.251. The van der Waals surface area contributed by atoms with Gasteiger partial charge in [-0.15, -0.1) is 0 Å². The third-order valence-electron chi connectivity index (χ3n) is 4.14. The molecule has 4 nitrogen and oxygen atoms in total. The summed E-state index contributed by atoms with van der Waals surface area (Å²) in [6, 6.07) is 4.82. The van der Waals surface area contributed by atoms with E-state index in [1.807, 2.05) is 0 Å². The van der Waals surface area contributed by atoms with Crippen molar-refractivity contribution in [2.45, 2.75) is 51.4 Å². The first-order chi connectivity index (χ1) is 8.69. The predicted octanol–water partition coefficient (Wildman–Crippen LogP) is 2.33. The van der Waals surface area contributed by atoms with Gasteiger partial charge in [0.1, 0.15) is 0 Å². The Morgan fingerprint density at radius 2 is 1.67 bits per heavy atom. The number of hydrogen-bond donors (Lipinski definition) is 1. The summed E-state index contributed by atoms with van der Waals surface area (Å²) in [5.41, 5.74) is 6.14. The Labute approximate surface area is 108 Å². The molecule has 0 bridgehead atoms. The fourth-order valence-electron chi connectivity index (χ4n) is 3.03. The molecule has 1 N–H and O–H groups in total. The highest BCUT2D eigenvalue weighted by atomic mass is 16.7. The lowest BCUT2D eigenvalue weighted by molar-refractivity contribution is -0.178. The Bertz CT molecular complexity index is 392. The molecule has 2 fully saturated rings. The van der Waals surface area contributed by atoms with Crippen LogP contribution >= 0.6 is 0 Å². The van der Waals surface area contributed by atoms with E-state index in [4.69, 9.17) is 9.47 Å². The fourth-order valence-corrected chi connectivity index (χ4v) is 3.03. The van der Waals surface area contributed by atoms with E-state index in [0.717, 1.165) is 38.9 Å². The summed E-state index contributed by atoms with van der Waals surface area (Å²) in [7, 11) is 0. The Hall–Kier alpha value is -1.00. The predicted molar refractivity (Wildman–Crippen MR) is 70.2 cm³/mol. The van der Waals surface area contributed by atoms with E-state index < -0.39 is 0 Å². The number of aryl methyl sites for hydroxylation is 2. The molecule has 1 spiro atoms. The van der Waals surface area contributed by atoms with Crippen LogP contribution in [0.15, 0.2) is 12.1 Å². The first-order valence-corrected chi connectivity index (χ1v) is 6.88. The van der Waals surface area contributed by atoms with E-state index in [9.17, 15) is 0 Å². The van der Waals surface area contributed by atoms with Gasteiger partial charge in [-0.3, -0.25) is 4.68 Å². The minimum Gasteiger partial charge on any atom is -0.348 e. The zero-order valence-electron chi connectivity index (χ0n) is 11.2. The molecular weight excluding hydrogens is 228 g/mol. The van der Waals surface area contributed by atoms with Crippen LogP contribution < -0.4 is 5.43 Å². The van der Waals surface area contributed by atoms with Crippen molar-refractivity contribution < 1.29 is 9.47 Å². The monoisotopic (exact) mass is 250 g/mol. The quantitative estimate of drug-likeness (QED) is 0.875. The number of aromatic nitrogens is 1. The summed E-state index contributed by atoms with van der Waals surface area (Å²) in [6.45, 7) is 5.78. The highest BCUT2D eigenvalue weighted by Gasteiger charge is 2.40. The highest BCUT2D eigenvalue weighted by Crippen LogP contribution is 2.36. The number of nitrogens with zero attached hydrogens (tertiary/aromatic N) is 1. The summed E-state index contributed by atoms with van der Waals surface area (Å²) in [5, 5.41) is 0. The second kappa shape index (κ2) is 4.59. The van der Waals surface area contributed by atoms with Crippen LogP contribution in [0, 0.1) is 13.8 Å². The number of nitrogens with one attached hydrogen (secondary N) is 1. The SMILES string of the molecule is Cc1ccc(C)n1NC1CCC2(CC1)OCCO2. The Kier molecular flexibility index (Phi) is 3.08. The van der Waals surface area contributed by atoms with Gasteiger partial charge < -0.3 is 14.9 Å². The molecule has 1 aliphatic heterocycles. The molecular formula is C14H22N2O2. The standard InChI is InChI=1S/C14H22N2O2/c1-11-3-4-12(2)16(11)15-13-5-7-14(8-6-13)17-9-10-18-14/h3-4,13,15H,5-10H2,1-2H3. The summed E-state index contributed by atoms with van der Waals surface area (Å²) in [4.78, 5) is 0. The molecule has 18 heavy (non-hydrogen) atoms. The topological polar surface area (TPSA) is 35.4 Å². The van der Waals surface area contributed by atoms with Gasteiger partial charge in [0.2, 0.25) is 0 Å². The third-order valence-corrected chi connectivity index (χ3v) is 4.14. The molecule has 0 amide bonds. The van der Waals surface area contributed by atoms with Gasteiger partial charge in [-0.2, -0.15) is 0 Å². The van der Waals surface area contributed by atoms with E-state index in [-0.39, 0.29) is 5.79 Å². The van der Waals surface area contributed by atoms with Gasteiger partial charge >= 0.3 is 0 Å². The molecule has 0 radical (unpaired) electrons. The zero-order chi connectivity index (χ0) is 12.6. The average Bonchev–Trinajstić information content (AvgIpc) is 2.94. The molecule has 2 aliphatic rings. The van der Waals surface area contributed by atoms with Crippen molar-refractivity contribution in [3.8, 4) is 0 Å². The van der Waals surface area contributed by atoms with Gasteiger partial charge in [-0.05, 0) is 38.8 Å². The maximum atomic E-state index is 5.76. The first-order valence-electron chi connectivity index (χ1n) is 6.88. The van der Waals surface area contributed by atoms with Crippen LogP contribution in [-0.4, -0.2) is 29.7 Å². The van der Waals surface area contributed by atoms with E-state index in [0.29, 0.717) is 6.04 Å². The smallest absolute Gasteiger partial charge is 0.168 e. The van der Waals surface area contributed by atoms with Crippen LogP contribution in [0.1, 0.15) is 37.1 Å². The van der Waals surface area contributed by atoms with E-state index in [1.54, 1.807) is 0 Å². The van der Waals surface area contributed by atoms with Gasteiger partial charge in [-0.1, -0.05) is 0 Å². The lowest BCUT2D eigenvalue weighted by Gasteiger charge is -2.36. The van der Waals surface area contributed by atoms with E-state index in [2.05, 4.69) is 36.1 Å². The summed E-state index contributed by atoms with van der Waals surface area (Å²) in [6.07, 6.45) is 4.22. The summed E-state index contributed by atoms with van der Waals surface area (Å²) >= 11 is 0.